The van der Waals surface area contributed by atoms with Gasteiger partial charge < -0.3 is 14.9 Å². The maximum Gasteiger partial charge on any atom is 0.356 e. The number of benzene rings is 2. The molecular formula is C29H26N4O6S2. The van der Waals surface area contributed by atoms with E-state index in [1.807, 2.05) is 78.2 Å². The summed E-state index contributed by atoms with van der Waals surface area (Å²) < 4.78 is 6.07. The molecule has 0 aliphatic carbocycles. The van der Waals surface area contributed by atoms with E-state index in [1.54, 1.807) is 0 Å². The van der Waals surface area contributed by atoms with Gasteiger partial charge in [0, 0.05) is 23.1 Å². The van der Waals surface area contributed by atoms with Crippen LogP contribution in [0.5, 0.6) is 0 Å². The molecule has 3 aromatic rings. The molecule has 1 fully saturated rings. The number of hydrogen-bond acceptors (Lipinski definition) is 10. The van der Waals surface area contributed by atoms with Gasteiger partial charge in [-0.1, -0.05) is 66.7 Å². The third-order valence-electron chi connectivity index (χ3n) is 6.31. The Labute approximate surface area is 244 Å². The molecule has 2 aliphatic rings. The molecule has 1 saturated heterocycles. The van der Waals surface area contributed by atoms with Crippen LogP contribution in [0.2, 0.25) is 0 Å². The van der Waals surface area contributed by atoms with E-state index in [4.69, 9.17) is 4.74 Å². The lowest BCUT2D eigenvalue weighted by Gasteiger charge is -2.49. The van der Waals surface area contributed by atoms with Crippen molar-refractivity contribution in [3.63, 3.8) is 0 Å². The summed E-state index contributed by atoms with van der Waals surface area (Å²) in [6.07, 6.45) is 0.748. The second kappa shape index (κ2) is 12.8. The summed E-state index contributed by atoms with van der Waals surface area (Å²) in [7, 11) is 0. The number of nitrogens with zero attached hydrogens (tertiary/aromatic N) is 2. The van der Waals surface area contributed by atoms with E-state index >= 15 is 0 Å². The Hall–Kier alpha value is -4.42. The molecule has 3 heterocycles. The van der Waals surface area contributed by atoms with Crippen molar-refractivity contribution in [1.82, 2.24) is 15.8 Å². The van der Waals surface area contributed by atoms with Crippen molar-refractivity contribution in [2.75, 3.05) is 5.75 Å². The third kappa shape index (κ3) is 6.50. The number of thioether (sulfide) groups is 1. The van der Waals surface area contributed by atoms with E-state index in [0.29, 0.717) is 11.3 Å². The van der Waals surface area contributed by atoms with Gasteiger partial charge in [0.15, 0.2) is 6.10 Å². The molecule has 1 aromatic heterocycles. The van der Waals surface area contributed by atoms with E-state index in [9.17, 15) is 19.2 Å². The smallest absolute Gasteiger partial charge is 0.356 e. The fourth-order valence-corrected chi connectivity index (χ4v) is 6.47. The van der Waals surface area contributed by atoms with Crippen LogP contribution in [-0.2, 0) is 35.2 Å². The van der Waals surface area contributed by atoms with Crippen molar-refractivity contribution in [1.29, 1.82) is 0 Å². The highest BCUT2D eigenvalue weighted by Crippen LogP contribution is 2.41. The van der Waals surface area contributed by atoms with Crippen molar-refractivity contribution < 1.29 is 28.8 Å². The highest BCUT2D eigenvalue weighted by Gasteiger charge is 2.54. The van der Waals surface area contributed by atoms with E-state index in [-0.39, 0.29) is 18.0 Å². The average Bonchev–Trinajstić information content (AvgIpc) is 3.50. The van der Waals surface area contributed by atoms with Crippen molar-refractivity contribution in [2.45, 2.75) is 30.9 Å². The second-order valence-corrected chi connectivity index (χ2v) is 11.3. The first kappa shape index (κ1) is 28.1. The molecule has 2 aromatic carbocycles. The molecule has 2 atom stereocenters. The second-order valence-electron chi connectivity index (χ2n) is 9.13. The monoisotopic (exact) mass is 590 g/mol. The van der Waals surface area contributed by atoms with Crippen LogP contribution in [0.1, 0.15) is 29.0 Å². The molecule has 12 heteroatoms. The van der Waals surface area contributed by atoms with Crippen LogP contribution in [0.25, 0.3) is 0 Å². The standard InChI is InChI=1S/C29H26N4O6S2/c1-18(34)39-32-30-16-21-17-41-28-24(31-23(35)15-22-13-8-14-40-22)27(36)33(28)25(21)29(37)38-26(19-9-4-2-5-10-19)20-11-6-3-7-12-20/h2-14,16,24,26,28,32H,15,17H2,1H3,(H,31,35)/b30-16+/t24-,28-/m1/s1. The molecule has 0 unspecified atom stereocenters. The quantitative estimate of drug-likeness (QED) is 0.159. The molecule has 210 valence electrons. The van der Waals surface area contributed by atoms with Gasteiger partial charge in [0.2, 0.25) is 5.91 Å². The Bertz CT molecular complexity index is 1440. The van der Waals surface area contributed by atoms with Gasteiger partial charge in [-0.3, -0.25) is 14.5 Å². The van der Waals surface area contributed by atoms with E-state index in [0.717, 1.165) is 16.0 Å². The van der Waals surface area contributed by atoms with Gasteiger partial charge in [-0.15, -0.1) is 28.7 Å². The zero-order chi connectivity index (χ0) is 28.8. The van der Waals surface area contributed by atoms with E-state index in [1.165, 1.54) is 41.1 Å². The van der Waals surface area contributed by atoms with Crippen LogP contribution in [0.15, 0.2) is 94.5 Å². The lowest BCUT2D eigenvalue weighted by molar-refractivity contribution is -0.154. The molecular weight excluding hydrogens is 564 g/mol. The predicted molar refractivity (Wildman–Crippen MR) is 154 cm³/mol. The Morgan fingerprint density at radius 2 is 1.73 bits per heavy atom. The number of ether oxygens (including phenoxy) is 1. The van der Waals surface area contributed by atoms with Gasteiger partial charge in [0.25, 0.3) is 5.91 Å². The summed E-state index contributed by atoms with van der Waals surface area (Å²) in [5, 5.41) is 8.08. The SMILES string of the molecule is CC(=O)ON/N=C/C1=C(C(=O)OC(c2ccccc2)c2ccccc2)N2C(=O)[C@@H](NC(=O)Cc3cccs3)[C@H]2SC1. The minimum atomic E-state index is -0.785. The van der Waals surface area contributed by atoms with Gasteiger partial charge in [-0.25, -0.2) is 9.59 Å². The summed E-state index contributed by atoms with van der Waals surface area (Å²) in [6, 6.07) is 21.5. The Balaban J connectivity index is 1.41. The molecule has 10 nitrogen and oxygen atoms in total. The lowest BCUT2D eigenvalue weighted by Crippen LogP contribution is -2.70. The molecule has 0 spiro atoms. The maximum atomic E-state index is 13.8. The Morgan fingerprint density at radius 1 is 1.05 bits per heavy atom. The number of hydrazone groups is 1. The first-order chi connectivity index (χ1) is 19.9. The van der Waals surface area contributed by atoms with Crippen LogP contribution < -0.4 is 10.9 Å². The predicted octanol–water partition coefficient (Wildman–Crippen LogP) is 3.33. The first-order valence-electron chi connectivity index (χ1n) is 12.7. The van der Waals surface area contributed by atoms with E-state index < -0.39 is 35.4 Å². The maximum absolute atomic E-state index is 13.8. The molecule has 2 amide bonds. The number of thiophene rings is 1. The minimum Gasteiger partial charge on any atom is -0.448 e. The minimum absolute atomic E-state index is 0.0211. The average molecular weight is 591 g/mol. The molecule has 2 N–H and O–H groups in total. The number of rotatable bonds is 10. The summed E-state index contributed by atoms with van der Waals surface area (Å²) in [5.74, 6) is -1.73. The number of amides is 2. The molecule has 0 radical (unpaired) electrons. The fourth-order valence-electron chi connectivity index (χ4n) is 4.47. The highest BCUT2D eigenvalue weighted by molar-refractivity contribution is 8.00. The largest absolute Gasteiger partial charge is 0.448 e. The van der Waals surface area contributed by atoms with Crippen molar-refractivity contribution in [2.24, 2.45) is 5.10 Å². The lowest BCUT2D eigenvalue weighted by atomic mass is 10.0. The number of carbonyl (C=O) groups excluding carboxylic acids is 4. The van der Waals surface area contributed by atoms with Crippen LogP contribution in [0, 0.1) is 0 Å². The molecule has 0 bridgehead atoms. The van der Waals surface area contributed by atoms with Gasteiger partial charge in [-0.05, 0) is 22.6 Å². The van der Waals surface area contributed by atoms with Crippen molar-refractivity contribution in [3.05, 3.63) is 105 Å². The Morgan fingerprint density at radius 3 is 2.34 bits per heavy atom. The summed E-state index contributed by atoms with van der Waals surface area (Å²) in [6.45, 7) is 1.21. The molecule has 2 aliphatic heterocycles. The first-order valence-corrected chi connectivity index (χ1v) is 14.6. The number of carbonyl (C=O) groups is 4. The Kier molecular flexibility index (Phi) is 8.80. The number of nitrogens with one attached hydrogen (secondary N) is 2. The molecule has 41 heavy (non-hydrogen) atoms. The van der Waals surface area contributed by atoms with E-state index in [2.05, 4.69) is 20.8 Å². The summed E-state index contributed by atoms with van der Waals surface area (Å²) in [5.41, 5.74) is 4.10. The number of fused-ring (bicyclic) bond motifs is 1. The van der Waals surface area contributed by atoms with Gasteiger partial charge in [-0.2, -0.15) is 5.10 Å². The van der Waals surface area contributed by atoms with Crippen LogP contribution in [-0.4, -0.2) is 52.0 Å². The summed E-state index contributed by atoms with van der Waals surface area (Å²) in [4.78, 5) is 57.8. The number of hydrogen-bond donors (Lipinski definition) is 2. The van der Waals surface area contributed by atoms with Gasteiger partial charge in [0.05, 0.1) is 12.6 Å². The highest BCUT2D eigenvalue weighted by atomic mass is 32.2. The summed E-state index contributed by atoms with van der Waals surface area (Å²) >= 11 is 2.84. The molecule has 0 saturated carbocycles. The molecule has 5 rings (SSSR count). The van der Waals surface area contributed by atoms with Crippen molar-refractivity contribution >= 4 is 53.1 Å². The fraction of sp³-hybridized carbons (Fsp3) is 0.207. The zero-order valence-corrected chi connectivity index (χ0v) is 23.5. The van der Waals surface area contributed by atoms with Gasteiger partial charge in [0.1, 0.15) is 17.1 Å². The van der Waals surface area contributed by atoms with Gasteiger partial charge >= 0.3 is 11.9 Å². The van der Waals surface area contributed by atoms with Crippen LogP contribution >= 0.6 is 23.1 Å². The van der Waals surface area contributed by atoms with Crippen LogP contribution in [0.3, 0.4) is 0 Å². The third-order valence-corrected chi connectivity index (χ3v) is 8.49. The zero-order valence-electron chi connectivity index (χ0n) is 21.9. The normalized spacial score (nSPS) is 18.1. The topological polar surface area (TPSA) is 126 Å². The van der Waals surface area contributed by atoms with Crippen LogP contribution in [0.4, 0.5) is 0 Å². The number of esters is 1. The number of β-lactam (4-membered cyclic amide) rings is 1. The van der Waals surface area contributed by atoms with Crippen molar-refractivity contribution in [3.8, 4) is 0 Å².